The molecule has 2 saturated heterocycles. The topological polar surface area (TPSA) is 119 Å². The molecule has 11 heteroatoms. The zero-order chi connectivity index (χ0) is 29.5. The Hall–Kier alpha value is -3.63. The van der Waals surface area contributed by atoms with Crippen LogP contribution in [0.2, 0.25) is 0 Å². The number of nitrogens with zero attached hydrogens (tertiary/aromatic N) is 5. The molecule has 0 spiro atoms. The molecule has 1 aromatic heterocycles. The molecule has 0 aliphatic carbocycles. The fourth-order valence-corrected chi connectivity index (χ4v) is 7.00. The van der Waals surface area contributed by atoms with Gasteiger partial charge in [0, 0.05) is 58.0 Å². The van der Waals surface area contributed by atoms with E-state index in [0.29, 0.717) is 69.9 Å². The molecule has 3 atom stereocenters. The van der Waals surface area contributed by atoms with Gasteiger partial charge in [-0.3, -0.25) is 19.1 Å². The summed E-state index contributed by atoms with van der Waals surface area (Å²) < 4.78 is 13.0. The first-order valence-electron chi connectivity index (χ1n) is 15.3. The molecule has 2 fully saturated rings. The van der Waals surface area contributed by atoms with Crippen LogP contribution in [-0.2, 0) is 33.8 Å². The summed E-state index contributed by atoms with van der Waals surface area (Å²) in [5.41, 5.74) is 2.07. The normalized spacial score (nSPS) is 23.6. The van der Waals surface area contributed by atoms with Gasteiger partial charge < -0.3 is 24.6 Å². The van der Waals surface area contributed by atoms with E-state index in [-0.39, 0.29) is 35.6 Å². The van der Waals surface area contributed by atoms with Gasteiger partial charge >= 0.3 is 0 Å². The predicted octanol–water partition coefficient (Wildman–Crippen LogP) is 2.62. The van der Waals surface area contributed by atoms with Crippen LogP contribution in [0.4, 0.5) is 0 Å². The van der Waals surface area contributed by atoms with Crippen LogP contribution in [0.15, 0.2) is 24.8 Å². The van der Waals surface area contributed by atoms with Crippen molar-refractivity contribution in [1.82, 2.24) is 29.9 Å². The molecule has 42 heavy (non-hydrogen) atoms. The van der Waals surface area contributed by atoms with Gasteiger partial charge in [0.25, 0.3) is 0 Å². The fraction of sp³-hybridized carbons (Fsp3) is 0.645. The summed E-state index contributed by atoms with van der Waals surface area (Å²) in [6, 6.07) is 4.10. The number of fused-ring (bicyclic) bond motifs is 6. The summed E-state index contributed by atoms with van der Waals surface area (Å²) in [5, 5.41) is 7.18. The van der Waals surface area contributed by atoms with Gasteiger partial charge in [-0.2, -0.15) is 5.10 Å². The highest BCUT2D eigenvalue weighted by Gasteiger charge is 2.43. The summed E-state index contributed by atoms with van der Waals surface area (Å²) >= 11 is 0. The minimum atomic E-state index is 0.0289. The fourth-order valence-electron chi connectivity index (χ4n) is 7.00. The molecule has 11 nitrogen and oxygen atoms in total. The van der Waals surface area contributed by atoms with Crippen molar-refractivity contribution < 1.29 is 23.9 Å². The number of likely N-dealkylation sites (tertiary alicyclic amines) is 1. The Bertz CT molecular complexity index is 1230. The van der Waals surface area contributed by atoms with E-state index in [1.165, 1.54) is 6.33 Å². The van der Waals surface area contributed by atoms with Gasteiger partial charge in [0.1, 0.15) is 12.7 Å². The van der Waals surface area contributed by atoms with Crippen LogP contribution in [0.3, 0.4) is 0 Å². The Morgan fingerprint density at radius 1 is 1.05 bits per heavy atom. The Balaban J connectivity index is 1.29. The molecule has 1 aromatic carbocycles. The van der Waals surface area contributed by atoms with Crippen molar-refractivity contribution in [3.8, 4) is 11.5 Å². The standard InChI is InChI=1S/C31H44N6O5/c1-41-27-16-22-10-11-30(40)37-18-23-15-25(19-35(17-23)29(39)9-5-13-36-21-32-20-34-36)26(37)7-3-8-28(38)33-12-4-6-24(14-22)31(27)42-2/h14,16,20-21,23,25-26H,3-13,15,17-19H2,1-2H3,(H,33,38)/t23-,25-,26-/m0/s1. The number of carbonyl (C=O) groups is 3. The lowest BCUT2D eigenvalue weighted by Gasteiger charge is -2.51. The van der Waals surface area contributed by atoms with Crippen molar-refractivity contribution >= 4 is 17.7 Å². The van der Waals surface area contributed by atoms with E-state index < -0.39 is 0 Å². The van der Waals surface area contributed by atoms with Crippen LogP contribution >= 0.6 is 0 Å². The zero-order valence-electron chi connectivity index (χ0n) is 24.9. The van der Waals surface area contributed by atoms with Crippen LogP contribution in [0.25, 0.3) is 0 Å². The van der Waals surface area contributed by atoms with Gasteiger partial charge in [-0.05, 0) is 74.0 Å². The van der Waals surface area contributed by atoms with Gasteiger partial charge in [-0.25, -0.2) is 4.98 Å². The molecule has 0 unspecified atom stereocenters. The third-order valence-corrected chi connectivity index (χ3v) is 8.98. The Morgan fingerprint density at radius 3 is 2.71 bits per heavy atom. The number of rotatable bonds is 6. The van der Waals surface area contributed by atoms with Gasteiger partial charge in [-0.1, -0.05) is 6.07 Å². The predicted molar refractivity (Wildman–Crippen MR) is 156 cm³/mol. The zero-order valence-corrected chi connectivity index (χ0v) is 24.9. The molecule has 3 aliphatic rings. The first-order valence-corrected chi connectivity index (χ1v) is 15.3. The first-order chi connectivity index (χ1) is 20.4. The quantitative estimate of drug-likeness (QED) is 0.558. The maximum atomic E-state index is 13.8. The van der Waals surface area contributed by atoms with Gasteiger partial charge in [0.05, 0.1) is 14.2 Å². The molecule has 1 N–H and O–H groups in total. The molecule has 0 saturated carbocycles. The summed E-state index contributed by atoms with van der Waals surface area (Å²) in [5.74, 6) is 2.22. The number of aromatic nitrogens is 3. The van der Waals surface area contributed by atoms with Crippen LogP contribution in [0, 0.1) is 11.8 Å². The van der Waals surface area contributed by atoms with Crippen molar-refractivity contribution in [3.05, 3.63) is 35.9 Å². The number of hydrogen-bond donors (Lipinski definition) is 1. The second kappa shape index (κ2) is 14.0. The lowest BCUT2D eigenvalue weighted by atomic mass is 9.77. The van der Waals surface area contributed by atoms with Crippen LogP contribution < -0.4 is 14.8 Å². The largest absolute Gasteiger partial charge is 0.493 e. The average molecular weight is 581 g/mol. The summed E-state index contributed by atoms with van der Waals surface area (Å²) in [7, 11) is 3.27. The summed E-state index contributed by atoms with van der Waals surface area (Å²) in [4.78, 5) is 47.6. The molecule has 228 valence electrons. The highest BCUT2D eigenvalue weighted by Crippen LogP contribution is 2.37. The second-order valence-electron chi connectivity index (χ2n) is 11.9. The summed E-state index contributed by atoms with van der Waals surface area (Å²) in [6.07, 6.45) is 9.87. The van der Waals surface area contributed by atoms with Crippen molar-refractivity contribution in [3.63, 3.8) is 0 Å². The van der Waals surface area contributed by atoms with Crippen molar-refractivity contribution in [1.29, 1.82) is 0 Å². The number of benzene rings is 1. The van der Waals surface area contributed by atoms with E-state index in [4.69, 9.17) is 9.47 Å². The van der Waals surface area contributed by atoms with Crippen LogP contribution in [0.5, 0.6) is 11.5 Å². The minimum Gasteiger partial charge on any atom is -0.493 e. The molecule has 2 aromatic rings. The van der Waals surface area contributed by atoms with E-state index >= 15 is 0 Å². The molecule has 3 aliphatic heterocycles. The van der Waals surface area contributed by atoms with E-state index in [1.807, 2.05) is 11.0 Å². The lowest BCUT2D eigenvalue weighted by Crippen LogP contribution is -2.60. The van der Waals surface area contributed by atoms with E-state index in [1.54, 1.807) is 25.2 Å². The number of hydrogen-bond acceptors (Lipinski definition) is 7. The Labute approximate surface area is 247 Å². The van der Waals surface area contributed by atoms with E-state index in [9.17, 15) is 14.4 Å². The minimum absolute atomic E-state index is 0.0289. The third-order valence-electron chi connectivity index (χ3n) is 8.98. The highest BCUT2D eigenvalue weighted by atomic mass is 16.5. The monoisotopic (exact) mass is 580 g/mol. The SMILES string of the molecule is COc1cc2cc(c1OC)CCCNC(=O)CCC[C@H]1[C@H]3C[C@@H](CN(C(=O)CCCn4cncn4)C3)CN1C(=O)CC2. The molecular weight excluding hydrogens is 536 g/mol. The maximum absolute atomic E-state index is 13.8. The average Bonchev–Trinajstić information content (AvgIpc) is 3.51. The van der Waals surface area contributed by atoms with E-state index in [0.717, 1.165) is 49.7 Å². The number of piperidine rings is 2. The number of methoxy groups -OCH3 is 2. The Morgan fingerprint density at radius 2 is 1.93 bits per heavy atom. The van der Waals surface area contributed by atoms with Crippen LogP contribution in [-0.4, -0.2) is 88.7 Å². The number of aryl methyl sites for hydroxylation is 3. The highest BCUT2D eigenvalue weighted by molar-refractivity contribution is 5.78. The van der Waals surface area contributed by atoms with Gasteiger partial charge in [0.2, 0.25) is 17.7 Å². The Kier molecular flexibility index (Phi) is 9.97. The van der Waals surface area contributed by atoms with Gasteiger partial charge in [-0.15, -0.1) is 0 Å². The number of amides is 3. The molecular formula is C31H44N6O5. The van der Waals surface area contributed by atoms with Crippen molar-refractivity contribution in [2.24, 2.45) is 11.8 Å². The molecule has 0 radical (unpaired) electrons. The molecule has 3 amide bonds. The van der Waals surface area contributed by atoms with Crippen molar-refractivity contribution in [2.75, 3.05) is 40.4 Å². The number of ether oxygens (including phenoxy) is 2. The molecule has 4 heterocycles. The molecule has 5 rings (SSSR count). The van der Waals surface area contributed by atoms with Crippen molar-refractivity contribution in [2.45, 2.75) is 76.8 Å². The lowest BCUT2D eigenvalue weighted by molar-refractivity contribution is -0.145. The maximum Gasteiger partial charge on any atom is 0.223 e. The second-order valence-corrected chi connectivity index (χ2v) is 11.9. The third kappa shape index (κ3) is 7.22. The number of carbonyl (C=O) groups excluding carboxylic acids is 3. The number of nitrogens with one attached hydrogen (secondary N) is 1. The van der Waals surface area contributed by atoms with Crippen LogP contribution in [0.1, 0.15) is 62.5 Å². The molecule has 4 bridgehead atoms. The first kappa shape index (κ1) is 29.8. The smallest absolute Gasteiger partial charge is 0.223 e. The summed E-state index contributed by atoms with van der Waals surface area (Å²) in [6.45, 7) is 3.28. The van der Waals surface area contributed by atoms with E-state index in [2.05, 4.69) is 26.4 Å². The van der Waals surface area contributed by atoms with Gasteiger partial charge in [0.15, 0.2) is 11.5 Å².